The van der Waals surface area contributed by atoms with Crippen LogP contribution in [-0.4, -0.2) is 13.6 Å². The summed E-state index contributed by atoms with van der Waals surface area (Å²) in [7, 11) is -3.62. The summed E-state index contributed by atoms with van der Waals surface area (Å²) < 4.78 is 33.0. The first-order chi connectivity index (χ1) is 10.5. The molecule has 0 aliphatic rings. The molecule has 3 rings (SSSR count). The number of para-hydroxylation sites is 1. The molecule has 0 bridgehead atoms. The van der Waals surface area contributed by atoms with Crippen LogP contribution < -0.4 is 4.72 Å². The van der Waals surface area contributed by atoms with Crippen molar-refractivity contribution in [3.63, 3.8) is 0 Å². The number of aryl methyl sites for hydroxylation is 2. The molecule has 2 heterocycles. The summed E-state index contributed by atoms with van der Waals surface area (Å²) in [6.07, 6.45) is 1.53. The quantitative estimate of drug-likeness (QED) is 0.787. The molecule has 5 nitrogen and oxygen atoms in total. The standard InChI is InChI=1S/C15H14N2O3S2/c1-10-4-3-5-11(2)15(10)17-22(18,19)14-7-6-13(21-14)12-8-9-16-20-12/h3-9,17H,1-2H3. The fourth-order valence-corrected chi connectivity index (χ4v) is 4.57. The van der Waals surface area contributed by atoms with E-state index in [2.05, 4.69) is 9.88 Å². The van der Waals surface area contributed by atoms with Crippen LogP contribution in [0.15, 0.2) is 51.3 Å². The SMILES string of the molecule is Cc1cccc(C)c1NS(=O)(=O)c1ccc(-c2ccno2)s1. The van der Waals surface area contributed by atoms with Gasteiger partial charge in [-0.25, -0.2) is 8.42 Å². The number of aromatic nitrogens is 1. The molecule has 0 radical (unpaired) electrons. The van der Waals surface area contributed by atoms with Crippen LogP contribution in [0, 0.1) is 13.8 Å². The van der Waals surface area contributed by atoms with E-state index in [9.17, 15) is 8.42 Å². The third-order valence-electron chi connectivity index (χ3n) is 3.24. The van der Waals surface area contributed by atoms with Crippen molar-refractivity contribution in [2.45, 2.75) is 18.1 Å². The van der Waals surface area contributed by atoms with Crippen molar-refractivity contribution in [3.05, 3.63) is 53.7 Å². The van der Waals surface area contributed by atoms with E-state index in [1.807, 2.05) is 32.0 Å². The topological polar surface area (TPSA) is 72.2 Å². The second-order valence-electron chi connectivity index (χ2n) is 4.87. The number of anilines is 1. The number of nitrogens with zero attached hydrogens (tertiary/aromatic N) is 1. The van der Waals surface area contributed by atoms with Crippen LogP contribution in [0.4, 0.5) is 5.69 Å². The molecule has 2 aromatic heterocycles. The normalized spacial score (nSPS) is 11.5. The zero-order valence-electron chi connectivity index (χ0n) is 12.0. The Morgan fingerprint density at radius 2 is 1.82 bits per heavy atom. The first-order valence-electron chi connectivity index (χ1n) is 6.57. The molecule has 0 atom stereocenters. The lowest BCUT2D eigenvalue weighted by atomic mass is 10.1. The van der Waals surface area contributed by atoms with Gasteiger partial charge in [0, 0.05) is 6.07 Å². The Morgan fingerprint density at radius 1 is 1.09 bits per heavy atom. The van der Waals surface area contributed by atoms with E-state index >= 15 is 0 Å². The molecule has 0 unspecified atom stereocenters. The number of sulfonamides is 1. The van der Waals surface area contributed by atoms with Gasteiger partial charge < -0.3 is 4.52 Å². The molecule has 1 N–H and O–H groups in total. The Balaban J connectivity index is 1.94. The van der Waals surface area contributed by atoms with Gasteiger partial charge in [-0.05, 0) is 37.1 Å². The van der Waals surface area contributed by atoms with Crippen LogP contribution in [0.1, 0.15) is 11.1 Å². The van der Waals surface area contributed by atoms with E-state index in [0.717, 1.165) is 27.3 Å². The van der Waals surface area contributed by atoms with Gasteiger partial charge in [-0.2, -0.15) is 0 Å². The Bertz CT molecular complexity index is 877. The molecule has 0 spiro atoms. The van der Waals surface area contributed by atoms with Gasteiger partial charge in [0.15, 0.2) is 5.76 Å². The lowest BCUT2D eigenvalue weighted by molar-refractivity contribution is 0.433. The van der Waals surface area contributed by atoms with Crippen molar-refractivity contribution < 1.29 is 12.9 Å². The highest BCUT2D eigenvalue weighted by atomic mass is 32.2. The van der Waals surface area contributed by atoms with Gasteiger partial charge in [-0.1, -0.05) is 23.4 Å². The summed E-state index contributed by atoms with van der Waals surface area (Å²) in [5, 5.41) is 3.63. The first-order valence-corrected chi connectivity index (χ1v) is 8.87. The van der Waals surface area contributed by atoms with E-state index in [0.29, 0.717) is 11.4 Å². The molecule has 22 heavy (non-hydrogen) atoms. The smallest absolute Gasteiger partial charge is 0.271 e. The van der Waals surface area contributed by atoms with Crippen molar-refractivity contribution in [2.24, 2.45) is 0 Å². The molecule has 3 aromatic rings. The van der Waals surface area contributed by atoms with Gasteiger partial charge in [0.05, 0.1) is 16.8 Å². The molecule has 0 amide bonds. The highest BCUT2D eigenvalue weighted by Gasteiger charge is 2.20. The maximum absolute atomic E-state index is 12.5. The van der Waals surface area contributed by atoms with Gasteiger partial charge in [-0.15, -0.1) is 11.3 Å². The molecule has 0 saturated heterocycles. The molecule has 114 valence electrons. The molecule has 1 aromatic carbocycles. The summed E-state index contributed by atoms with van der Waals surface area (Å²) in [4.78, 5) is 0.722. The Labute approximate surface area is 132 Å². The highest BCUT2D eigenvalue weighted by molar-refractivity contribution is 7.94. The van der Waals surface area contributed by atoms with Crippen LogP contribution in [0.25, 0.3) is 10.6 Å². The van der Waals surface area contributed by atoms with E-state index in [1.165, 1.54) is 6.20 Å². The molecule has 0 aliphatic heterocycles. The van der Waals surface area contributed by atoms with Crippen LogP contribution >= 0.6 is 11.3 Å². The summed E-state index contributed by atoms with van der Waals surface area (Å²) in [6.45, 7) is 3.75. The molecular formula is C15H14N2O3S2. The van der Waals surface area contributed by atoms with Crippen LogP contribution in [0.3, 0.4) is 0 Å². The Morgan fingerprint density at radius 3 is 2.45 bits per heavy atom. The molecule has 7 heteroatoms. The second-order valence-corrected chi connectivity index (χ2v) is 7.86. The van der Waals surface area contributed by atoms with Crippen molar-refractivity contribution in [1.82, 2.24) is 5.16 Å². The van der Waals surface area contributed by atoms with Gasteiger partial charge in [-0.3, -0.25) is 4.72 Å². The number of hydrogen-bond acceptors (Lipinski definition) is 5. The number of thiophene rings is 1. The van der Waals surface area contributed by atoms with Crippen molar-refractivity contribution in [3.8, 4) is 10.6 Å². The van der Waals surface area contributed by atoms with Crippen LogP contribution in [0.5, 0.6) is 0 Å². The third-order valence-corrected chi connectivity index (χ3v) is 6.19. The minimum Gasteiger partial charge on any atom is -0.355 e. The fraction of sp³-hybridized carbons (Fsp3) is 0.133. The van der Waals surface area contributed by atoms with Crippen molar-refractivity contribution >= 4 is 27.0 Å². The largest absolute Gasteiger partial charge is 0.355 e. The van der Waals surface area contributed by atoms with Crippen molar-refractivity contribution in [2.75, 3.05) is 4.72 Å². The highest BCUT2D eigenvalue weighted by Crippen LogP contribution is 2.32. The van der Waals surface area contributed by atoms with E-state index in [-0.39, 0.29) is 4.21 Å². The number of nitrogens with one attached hydrogen (secondary N) is 1. The monoisotopic (exact) mass is 334 g/mol. The third kappa shape index (κ3) is 2.77. The van der Waals surface area contributed by atoms with Crippen molar-refractivity contribution in [1.29, 1.82) is 0 Å². The lowest BCUT2D eigenvalue weighted by Gasteiger charge is -2.11. The maximum atomic E-state index is 12.5. The van der Waals surface area contributed by atoms with E-state index < -0.39 is 10.0 Å². The summed E-state index contributed by atoms with van der Waals surface area (Å²) in [5.41, 5.74) is 2.39. The Kier molecular flexibility index (Phi) is 3.76. The van der Waals surface area contributed by atoms with Gasteiger partial charge in [0.1, 0.15) is 4.21 Å². The Hall–Kier alpha value is -2.12. The number of hydrogen-bond donors (Lipinski definition) is 1. The zero-order valence-corrected chi connectivity index (χ0v) is 13.7. The second kappa shape index (κ2) is 5.58. The molecular weight excluding hydrogens is 320 g/mol. The van der Waals surface area contributed by atoms with Gasteiger partial charge >= 0.3 is 0 Å². The summed E-state index contributed by atoms with van der Waals surface area (Å²) in [5.74, 6) is 0.554. The maximum Gasteiger partial charge on any atom is 0.271 e. The predicted octanol–water partition coefficient (Wildman–Crippen LogP) is 3.82. The van der Waals surface area contributed by atoms with Gasteiger partial charge in [0.25, 0.3) is 10.0 Å². The van der Waals surface area contributed by atoms with E-state index in [1.54, 1.807) is 18.2 Å². The fourth-order valence-electron chi connectivity index (χ4n) is 2.10. The molecule has 0 aliphatic carbocycles. The van der Waals surface area contributed by atoms with Crippen LogP contribution in [-0.2, 0) is 10.0 Å². The average Bonchev–Trinajstić information content (AvgIpc) is 3.13. The number of rotatable bonds is 4. The first kappa shape index (κ1) is 14.8. The minimum absolute atomic E-state index is 0.238. The predicted molar refractivity (Wildman–Crippen MR) is 86.5 cm³/mol. The van der Waals surface area contributed by atoms with Crippen LogP contribution in [0.2, 0.25) is 0 Å². The molecule has 0 fully saturated rings. The van der Waals surface area contributed by atoms with Gasteiger partial charge in [0.2, 0.25) is 0 Å². The molecule has 0 saturated carbocycles. The number of benzene rings is 1. The van der Waals surface area contributed by atoms with E-state index in [4.69, 9.17) is 4.52 Å². The minimum atomic E-state index is -3.62. The average molecular weight is 334 g/mol. The lowest BCUT2D eigenvalue weighted by Crippen LogP contribution is -2.13. The summed E-state index contributed by atoms with van der Waals surface area (Å²) >= 11 is 1.14. The summed E-state index contributed by atoms with van der Waals surface area (Å²) in [6, 6.07) is 10.6. The zero-order chi connectivity index (χ0) is 15.7.